The van der Waals surface area contributed by atoms with E-state index >= 15 is 0 Å². The van der Waals surface area contributed by atoms with Gasteiger partial charge < -0.3 is 13.8 Å². The molecule has 58 valence electrons. The maximum absolute atomic E-state index is 10.9. The second kappa shape index (κ2) is 2.82. The van der Waals surface area contributed by atoms with Crippen molar-refractivity contribution in [1.29, 1.82) is 0 Å². The molecule has 0 aliphatic carbocycles. The molecule has 0 aromatic carbocycles. The number of carbonyl (C=O) groups excluding carboxylic acids is 1. The first-order chi connectivity index (χ1) is 4.64. The third-order valence-corrected chi connectivity index (χ3v) is 2.47. The quantitative estimate of drug-likeness (QED) is 0.422. The Labute approximate surface area is 59.0 Å². The Morgan fingerprint density at radius 1 is 1.50 bits per heavy atom. The van der Waals surface area contributed by atoms with Gasteiger partial charge in [-0.05, 0) is 0 Å². The van der Waals surface area contributed by atoms with Gasteiger partial charge in [0.1, 0.15) is 6.29 Å². The van der Waals surface area contributed by atoms with Crippen LogP contribution in [0, 0.1) is 5.92 Å². The normalized spacial score (nSPS) is 41.1. The van der Waals surface area contributed by atoms with Crippen molar-refractivity contribution in [2.75, 3.05) is 19.9 Å². The highest BCUT2D eigenvalue weighted by molar-refractivity contribution is 7.53. The highest BCUT2D eigenvalue weighted by Crippen LogP contribution is 2.46. The van der Waals surface area contributed by atoms with E-state index in [-0.39, 0.29) is 19.1 Å². The van der Waals surface area contributed by atoms with Crippen LogP contribution in [0.1, 0.15) is 0 Å². The van der Waals surface area contributed by atoms with Crippen LogP contribution in [0.2, 0.25) is 0 Å². The fraction of sp³-hybridized carbons (Fsp3) is 0.800. The summed E-state index contributed by atoms with van der Waals surface area (Å²) in [6, 6.07) is 0. The van der Waals surface area contributed by atoms with Crippen molar-refractivity contribution >= 4 is 13.9 Å². The number of hydrogen-bond acceptors (Lipinski definition) is 4. The molecule has 1 heterocycles. The smallest absolute Gasteiger partial charge is 0.308 e. The molecule has 0 amide bonds. The average Bonchev–Trinajstić information content (AvgIpc) is 1.88. The van der Waals surface area contributed by atoms with Gasteiger partial charge in [-0.1, -0.05) is 0 Å². The monoisotopic (exact) mass is 164 g/mol. The standard InChI is InChI=1S/C5H9O4P/c1-10(7)8-3-5(2-6)4-9-10/h2,5H,3-4H2,1H3. The maximum atomic E-state index is 10.9. The van der Waals surface area contributed by atoms with Crippen molar-refractivity contribution in [3.05, 3.63) is 0 Å². The molecule has 1 fully saturated rings. The Morgan fingerprint density at radius 3 is 2.40 bits per heavy atom. The Morgan fingerprint density at radius 2 is 2.00 bits per heavy atom. The van der Waals surface area contributed by atoms with Crippen LogP contribution >= 0.6 is 7.60 Å². The van der Waals surface area contributed by atoms with Gasteiger partial charge in [0.2, 0.25) is 0 Å². The molecule has 0 bridgehead atoms. The molecule has 5 heteroatoms. The Balaban J connectivity index is 2.45. The molecule has 0 aromatic heterocycles. The molecule has 0 unspecified atom stereocenters. The molecular weight excluding hydrogens is 155 g/mol. The van der Waals surface area contributed by atoms with Gasteiger partial charge in [0.15, 0.2) is 0 Å². The zero-order chi connectivity index (χ0) is 7.61. The minimum absolute atomic E-state index is 0.220. The summed E-state index contributed by atoms with van der Waals surface area (Å²) in [6.07, 6.45) is 0.749. The van der Waals surface area contributed by atoms with E-state index < -0.39 is 7.60 Å². The van der Waals surface area contributed by atoms with Gasteiger partial charge in [0.05, 0.1) is 19.1 Å². The number of rotatable bonds is 1. The predicted octanol–water partition coefficient (Wildman–Crippen LogP) is 0.671. The lowest BCUT2D eigenvalue weighted by atomic mass is 10.2. The summed E-state index contributed by atoms with van der Waals surface area (Å²) in [5.74, 6) is -0.248. The van der Waals surface area contributed by atoms with Crippen molar-refractivity contribution < 1.29 is 18.4 Å². The van der Waals surface area contributed by atoms with E-state index in [1.54, 1.807) is 0 Å². The summed E-state index contributed by atoms with van der Waals surface area (Å²) in [5, 5.41) is 0. The lowest BCUT2D eigenvalue weighted by Gasteiger charge is -2.22. The third-order valence-electron chi connectivity index (χ3n) is 1.24. The largest absolute Gasteiger partial charge is 0.327 e. The second-order valence-electron chi connectivity index (χ2n) is 2.26. The Kier molecular flexibility index (Phi) is 2.24. The zero-order valence-corrected chi connectivity index (χ0v) is 6.54. The Bertz CT molecular complexity index is 166. The third kappa shape index (κ3) is 1.90. The van der Waals surface area contributed by atoms with Crippen molar-refractivity contribution in [2.24, 2.45) is 5.92 Å². The molecule has 0 aromatic rings. The van der Waals surface area contributed by atoms with E-state index in [2.05, 4.69) is 0 Å². The molecule has 1 aliphatic heterocycles. The molecule has 0 saturated carbocycles. The molecule has 4 nitrogen and oxygen atoms in total. The fourth-order valence-corrected chi connectivity index (χ4v) is 1.63. The minimum Gasteiger partial charge on any atom is -0.308 e. The van der Waals surface area contributed by atoms with Gasteiger partial charge >= 0.3 is 7.60 Å². The van der Waals surface area contributed by atoms with Crippen LogP contribution in [0.3, 0.4) is 0 Å². The summed E-state index contributed by atoms with van der Waals surface area (Å²) in [4.78, 5) is 10.1. The highest BCUT2D eigenvalue weighted by atomic mass is 31.2. The van der Waals surface area contributed by atoms with Gasteiger partial charge in [-0.15, -0.1) is 0 Å². The first kappa shape index (κ1) is 7.92. The van der Waals surface area contributed by atoms with Crippen LogP contribution in [0.4, 0.5) is 0 Å². The summed E-state index contributed by atoms with van der Waals surface area (Å²) >= 11 is 0. The van der Waals surface area contributed by atoms with E-state index in [1.165, 1.54) is 6.66 Å². The first-order valence-electron chi connectivity index (χ1n) is 2.96. The van der Waals surface area contributed by atoms with E-state index in [1.807, 2.05) is 0 Å². The fourth-order valence-electron chi connectivity index (χ4n) is 0.626. The van der Waals surface area contributed by atoms with Crippen LogP contribution < -0.4 is 0 Å². The van der Waals surface area contributed by atoms with Crippen LogP contribution in [-0.4, -0.2) is 26.2 Å². The minimum atomic E-state index is -2.80. The van der Waals surface area contributed by atoms with E-state index in [4.69, 9.17) is 9.05 Å². The van der Waals surface area contributed by atoms with Crippen LogP contribution in [0.25, 0.3) is 0 Å². The Hall–Kier alpha value is -0.180. The zero-order valence-electron chi connectivity index (χ0n) is 5.65. The molecule has 10 heavy (non-hydrogen) atoms. The van der Waals surface area contributed by atoms with Crippen molar-refractivity contribution in [3.8, 4) is 0 Å². The second-order valence-corrected chi connectivity index (χ2v) is 4.32. The molecule has 1 aliphatic rings. The van der Waals surface area contributed by atoms with Crippen molar-refractivity contribution in [2.45, 2.75) is 0 Å². The van der Waals surface area contributed by atoms with E-state index in [9.17, 15) is 9.36 Å². The van der Waals surface area contributed by atoms with Crippen LogP contribution in [-0.2, 0) is 18.4 Å². The van der Waals surface area contributed by atoms with Gasteiger partial charge in [0, 0.05) is 6.66 Å². The molecular formula is C5H9O4P. The molecule has 1 saturated heterocycles. The van der Waals surface area contributed by atoms with E-state index in [0.717, 1.165) is 6.29 Å². The molecule has 0 atom stereocenters. The van der Waals surface area contributed by atoms with Gasteiger partial charge in [0.25, 0.3) is 0 Å². The van der Waals surface area contributed by atoms with Crippen molar-refractivity contribution in [3.63, 3.8) is 0 Å². The maximum Gasteiger partial charge on any atom is 0.327 e. The molecule has 0 radical (unpaired) electrons. The number of aldehydes is 1. The molecule has 1 rings (SSSR count). The lowest BCUT2D eigenvalue weighted by molar-refractivity contribution is -0.113. The van der Waals surface area contributed by atoms with E-state index in [0.29, 0.717) is 0 Å². The lowest BCUT2D eigenvalue weighted by Crippen LogP contribution is -2.21. The summed E-state index contributed by atoms with van der Waals surface area (Å²) in [5.41, 5.74) is 0. The van der Waals surface area contributed by atoms with Gasteiger partial charge in [-0.3, -0.25) is 4.57 Å². The highest BCUT2D eigenvalue weighted by Gasteiger charge is 2.26. The molecule has 0 N–H and O–H groups in total. The number of hydrogen-bond donors (Lipinski definition) is 0. The topological polar surface area (TPSA) is 52.6 Å². The summed E-state index contributed by atoms with van der Waals surface area (Å²) in [7, 11) is -2.80. The average molecular weight is 164 g/mol. The van der Waals surface area contributed by atoms with Crippen LogP contribution in [0.15, 0.2) is 0 Å². The SMILES string of the molecule is CP1(=O)OCC(C=O)CO1. The number of carbonyl (C=O) groups is 1. The van der Waals surface area contributed by atoms with Gasteiger partial charge in [-0.2, -0.15) is 0 Å². The molecule has 0 spiro atoms. The first-order valence-corrected chi connectivity index (χ1v) is 4.95. The summed E-state index contributed by atoms with van der Waals surface area (Å²) in [6.45, 7) is 1.84. The predicted molar refractivity (Wildman–Crippen MR) is 35.0 cm³/mol. The van der Waals surface area contributed by atoms with Crippen molar-refractivity contribution in [1.82, 2.24) is 0 Å². The van der Waals surface area contributed by atoms with Gasteiger partial charge in [-0.25, -0.2) is 0 Å². The van der Waals surface area contributed by atoms with Crippen LogP contribution in [0.5, 0.6) is 0 Å². The summed E-state index contributed by atoms with van der Waals surface area (Å²) < 4.78 is 20.5.